The average Bonchev–Trinajstić information content (AvgIpc) is 2.16. The van der Waals surface area contributed by atoms with Gasteiger partial charge in [-0.15, -0.1) is 0 Å². The first-order valence-electron chi connectivity index (χ1n) is 6.20. The Morgan fingerprint density at radius 1 is 1.07 bits per heavy atom. The molecule has 0 spiro atoms. The van der Waals surface area contributed by atoms with E-state index in [9.17, 15) is 0 Å². The van der Waals surface area contributed by atoms with Crippen LogP contribution >= 0.6 is 0 Å². The molecule has 0 aromatic carbocycles. The predicted molar refractivity (Wildman–Crippen MR) is 66.1 cm³/mol. The normalized spacial score (nSPS) is 12.4. The number of rotatable bonds is 8. The van der Waals surface area contributed by atoms with Gasteiger partial charge >= 0.3 is 117 Å². The van der Waals surface area contributed by atoms with Gasteiger partial charge in [-0.3, -0.25) is 0 Å². The van der Waals surface area contributed by atoms with Crippen LogP contribution in [0.3, 0.4) is 0 Å². The van der Waals surface area contributed by atoms with Gasteiger partial charge in [0.1, 0.15) is 0 Å². The molecule has 0 aromatic heterocycles. The Hall–Kier alpha value is 1.80. The summed E-state index contributed by atoms with van der Waals surface area (Å²) in [7, 11) is 0. The van der Waals surface area contributed by atoms with Gasteiger partial charge in [0.05, 0.1) is 0 Å². The minimum absolute atomic E-state index is 0.175. The minimum atomic E-state index is -0.658. The standard InChI is InChI=1S/C7H17Si.C5H11.Eu/c1-4-7-8(5-2)6-3;1-4-5(2)3;/h4-7H2,1-3H3;5H,1,4H2,2-3H3;. The third-order valence-electron chi connectivity index (χ3n) is 3.03. The summed E-state index contributed by atoms with van der Waals surface area (Å²) < 4.78 is 0.987. The summed E-state index contributed by atoms with van der Waals surface area (Å²) >= 11 is 0.175. The molecule has 0 bridgehead atoms. The SMILES string of the molecule is CCC[Si](CC)(CC)[Eu][CH2]CC(C)C. The van der Waals surface area contributed by atoms with Crippen LogP contribution in [0.1, 0.15) is 47.5 Å². The fourth-order valence-corrected chi connectivity index (χ4v) is 18.0. The number of hydrogen-bond donors (Lipinski definition) is 0. The van der Waals surface area contributed by atoms with Gasteiger partial charge in [-0.2, -0.15) is 0 Å². The van der Waals surface area contributed by atoms with Crippen molar-refractivity contribution in [1.82, 2.24) is 0 Å². The van der Waals surface area contributed by atoms with E-state index in [0.717, 1.165) is 5.92 Å². The molecule has 0 aromatic rings. The molecule has 0 N–H and O–H groups in total. The van der Waals surface area contributed by atoms with Crippen molar-refractivity contribution in [1.29, 1.82) is 0 Å². The molecule has 0 radical (unpaired) electrons. The van der Waals surface area contributed by atoms with E-state index in [1.165, 1.54) is 12.8 Å². The van der Waals surface area contributed by atoms with Crippen LogP contribution in [0.15, 0.2) is 0 Å². The van der Waals surface area contributed by atoms with Crippen LogP contribution in [0.25, 0.3) is 0 Å². The summed E-state index contributed by atoms with van der Waals surface area (Å²) in [5.41, 5.74) is 0. The van der Waals surface area contributed by atoms with Gasteiger partial charge in [0, 0.05) is 0 Å². The van der Waals surface area contributed by atoms with Crippen LogP contribution in [0.5, 0.6) is 0 Å². The molecule has 14 heavy (non-hydrogen) atoms. The molecule has 0 fully saturated rings. The van der Waals surface area contributed by atoms with Crippen molar-refractivity contribution in [2.24, 2.45) is 5.92 Å². The molecule has 0 amide bonds. The van der Waals surface area contributed by atoms with Crippen LogP contribution < -0.4 is 0 Å². The third kappa shape index (κ3) is 6.40. The molecule has 0 saturated heterocycles. The van der Waals surface area contributed by atoms with Crippen LogP contribution in [0.4, 0.5) is 0 Å². The molecule has 0 heterocycles. The fourth-order valence-electron chi connectivity index (χ4n) is 1.78. The van der Waals surface area contributed by atoms with E-state index in [0.29, 0.717) is 0 Å². The van der Waals surface area contributed by atoms with Crippen molar-refractivity contribution in [3.8, 4) is 0 Å². The van der Waals surface area contributed by atoms with E-state index in [2.05, 4.69) is 34.6 Å². The Morgan fingerprint density at radius 2 is 1.64 bits per heavy atom. The molecular weight excluding hydrogens is 324 g/mol. The van der Waals surface area contributed by atoms with Gasteiger partial charge in [-0.05, 0) is 0 Å². The second kappa shape index (κ2) is 8.90. The van der Waals surface area contributed by atoms with Crippen molar-refractivity contribution >= 4 is 1.12 Å². The topological polar surface area (TPSA) is 0 Å². The molecule has 0 unspecified atom stereocenters. The van der Waals surface area contributed by atoms with E-state index in [1.54, 1.807) is 18.9 Å². The summed E-state index contributed by atoms with van der Waals surface area (Å²) in [5, 5.41) is 0. The molecule has 0 saturated carbocycles. The quantitative estimate of drug-likeness (QED) is 0.543. The Bertz CT molecular complexity index is 130. The van der Waals surface area contributed by atoms with Gasteiger partial charge in [0.15, 0.2) is 0 Å². The van der Waals surface area contributed by atoms with Gasteiger partial charge in [-0.25, -0.2) is 0 Å². The van der Waals surface area contributed by atoms with Crippen LogP contribution in [0.2, 0.25) is 18.9 Å². The molecule has 0 aliphatic heterocycles. The van der Waals surface area contributed by atoms with Gasteiger partial charge in [0.25, 0.3) is 0 Å². The zero-order valence-corrected chi connectivity index (χ0v) is 14.1. The first kappa shape index (κ1) is 15.8. The number of hydrogen-bond acceptors (Lipinski definition) is 0. The van der Waals surface area contributed by atoms with Crippen molar-refractivity contribution in [2.75, 3.05) is 0 Å². The van der Waals surface area contributed by atoms with E-state index in [-0.39, 0.29) is 43.4 Å². The van der Waals surface area contributed by atoms with Crippen LogP contribution in [-0.2, 0) is 0 Å². The molecule has 87 valence electrons. The molecule has 0 nitrogen and oxygen atoms in total. The van der Waals surface area contributed by atoms with Crippen LogP contribution in [0, 0.1) is 49.3 Å². The first-order chi connectivity index (χ1) is 6.60. The second-order valence-electron chi connectivity index (χ2n) is 4.61. The Morgan fingerprint density at radius 3 is 2.00 bits per heavy atom. The van der Waals surface area contributed by atoms with E-state index in [4.69, 9.17) is 0 Å². The van der Waals surface area contributed by atoms with Crippen molar-refractivity contribution in [3.63, 3.8) is 0 Å². The first-order valence-corrected chi connectivity index (χ1v) is 14.1. The summed E-state index contributed by atoms with van der Waals surface area (Å²) in [6.07, 6.45) is 2.96. The maximum atomic E-state index is 2.47. The van der Waals surface area contributed by atoms with Gasteiger partial charge in [0.2, 0.25) is 0 Å². The fraction of sp³-hybridized carbons (Fsp3) is 1.00. The zero-order valence-electron chi connectivity index (χ0n) is 10.7. The summed E-state index contributed by atoms with van der Waals surface area (Å²) in [5.74, 6) is 0.938. The maximum absolute atomic E-state index is 2.47. The predicted octanol–water partition coefficient (Wildman–Crippen LogP) is 4.93. The summed E-state index contributed by atoms with van der Waals surface area (Å²) in [6, 6.07) is 4.79. The summed E-state index contributed by atoms with van der Waals surface area (Å²) in [4.78, 5) is 0. The Kier molecular flexibility index (Phi) is 10.0. The van der Waals surface area contributed by atoms with Gasteiger partial charge in [-0.1, -0.05) is 0 Å². The van der Waals surface area contributed by atoms with Gasteiger partial charge < -0.3 is 0 Å². The average molecular weight is 352 g/mol. The molecule has 0 atom stereocenters. The molecule has 0 aliphatic rings. The summed E-state index contributed by atoms with van der Waals surface area (Å²) in [6.45, 7) is 12.1. The zero-order chi connectivity index (χ0) is 11.0. The van der Waals surface area contributed by atoms with Crippen LogP contribution in [-0.4, -0.2) is 1.12 Å². The van der Waals surface area contributed by atoms with Crippen molar-refractivity contribution < 1.29 is 43.4 Å². The molecule has 0 rings (SSSR count). The Balaban J connectivity index is 3.94. The molecular formula is C12H28EuSi. The molecule has 2 heteroatoms. The second-order valence-corrected chi connectivity index (χ2v) is 20.6. The van der Waals surface area contributed by atoms with Crippen molar-refractivity contribution in [2.45, 2.75) is 66.4 Å². The van der Waals surface area contributed by atoms with E-state index >= 15 is 0 Å². The van der Waals surface area contributed by atoms with E-state index in [1.807, 2.05) is 0 Å². The molecule has 0 aliphatic carbocycles. The monoisotopic (exact) mass is 353 g/mol. The van der Waals surface area contributed by atoms with Crippen molar-refractivity contribution in [3.05, 3.63) is 0 Å². The Labute approximate surface area is 115 Å². The van der Waals surface area contributed by atoms with E-state index < -0.39 is 1.12 Å². The third-order valence-corrected chi connectivity index (χ3v) is 22.7.